The Hall–Kier alpha value is -3.41. The molecule has 1 aliphatic heterocycles. The van der Waals surface area contributed by atoms with Crippen molar-refractivity contribution < 1.29 is 4.79 Å². The van der Waals surface area contributed by atoms with Gasteiger partial charge >= 0.3 is 0 Å². The number of hydrogen-bond donors (Lipinski definition) is 3. The first kappa shape index (κ1) is 18.4. The lowest BCUT2D eigenvalue weighted by atomic mass is 10.1. The highest BCUT2D eigenvalue weighted by Crippen LogP contribution is 2.19. The lowest BCUT2D eigenvalue weighted by Crippen LogP contribution is -2.45. The van der Waals surface area contributed by atoms with Crippen molar-refractivity contribution >= 4 is 23.4 Å². The van der Waals surface area contributed by atoms with Crippen molar-refractivity contribution in [1.29, 1.82) is 5.26 Å². The maximum absolute atomic E-state index is 12.0. The normalized spacial score (nSPS) is 16.4. The molecule has 1 amide bonds. The number of aryl methyl sites for hydroxylation is 1. The van der Waals surface area contributed by atoms with E-state index in [9.17, 15) is 9.59 Å². The summed E-state index contributed by atoms with van der Waals surface area (Å²) in [5.74, 6) is 0.821. The standard InChI is InChI=1S/C18H21N7O2/c1-12-10-21-18(23-14-5-2-8-20-17(14)27)24-16(12)22-13-4-3-9-25(11-13)15(26)6-7-19/h2,5,8,10,13H,3-4,6,9,11H2,1H3,(H,20,27)(H2,21,22,23,24). The van der Waals surface area contributed by atoms with Gasteiger partial charge in [-0.25, -0.2) is 4.98 Å². The van der Waals surface area contributed by atoms with Gasteiger partial charge in [-0.05, 0) is 31.9 Å². The molecule has 9 heteroatoms. The van der Waals surface area contributed by atoms with Crippen molar-refractivity contribution in [3.63, 3.8) is 0 Å². The molecule has 1 atom stereocenters. The van der Waals surface area contributed by atoms with Crippen molar-refractivity contribution in [2.75, 3.05) is 23.7 Å². The Labute approximate surface area is 156 Å². The molecule has 3 heterocycles. The minimum atomic E-state index is -0.255. The number of aromatic nitrogens is 3. The lowest BCUT2D eigenvalue weighted by Gasteiger charge is -2.33. The summed E-state index contributed by atoms with van der Waals surface area (Å²) in [5.41, 5.74) is 0.969. The summed E-state index contributed by atoms with van der Waals surface area (Å²) >= 11 is 0. The second kappa shape index (κ2) is 8.31. The Morgan fingerprint density at radius 3 is 3.15 bits per heavy atom. The number of hydrogen-bond acceptors (Lipinski definition) is 7. The topological polar surface area (TPSA) is 127 Å². The molecule has 2 aromatic heterocycles. The van der Waals surface area contributed by atoms with Crippen LogP contribution in [0.4, 0.5) is 17.5 Å². The average molecular weight is 367 g/mol. The van der Waals surface area contributed by atoms with Crippen LogP contribution in [0.2, 0.25) is 0 Å². The fourth-order valence-corrected chi connectivity index (χ4v) is 2.98. The highest BCUT2D eigenvalue weighted by Gasteiger charge is 2.24. The van der Waals surface area contributed by atoms with E-state index in [1.54, 1.807) is 29.4 Å². The molecular weight excluding hydrogens is 346 g/mol. The predicted octanol–water partition coefficient (Wildman–Crippen LogP) is 1.53. The van der Waals surface area contributed by atoms with Crippen molar-refractivity contribution in [1.82, 2.24) is 19.9 Å². The van der Waals surface area contributed by atoms with Gasteiger partial charge in [0.1, 0.15) is 17.9 Å². The smallest absolute Gasteiger partial charge is 0.271 e. The summed E-state index contributed by atoms with van der Waals surface area (Å²) < 4.78 is 0. The van der Waals surface area contributed by atoms with Crippen molar-refractivity contribution in [3.8, 4) is 6.07 Å². The molecule has 1 aliphatic rings. The van der Waals surface area contributed by atoms with Crippen LogP contribution < -0.4 is 16.2 Å². The number of pyridine rings is 1. The highest BCUT2D eigenvalue weighted by molar-refractivity contribution is 5.78. The Bertz CT molecular complexity index is 918. The Balaban J connectivity index is 1.71. The van der Waals surface area contributed by atoms with Gasteiger partial charge in [0.25, 0.3) is 5.56 Å². The minimum absolute atomic E-state index is 0.0444. The largest absolute Gasteiger partial charge is 0.365 e. The number of nitriles is 1. The highest BCUT2D eigenvalue weighted by atomic mass is 16.2. The quantitative estimate of drug-likeness (QED) is 0.731. The third-order valence-electron chi connectivity index (χ3n) is 4.38. The van der Waals surface area contributed by atoms with Crippen LogP contribution >= 0.6 is 0 Å². The maximum atomic E-state index is 12.0. The molecule has 0 aliphatic carbocycles. The predicted molar refractivity (Wildman–Crippen MR) is 101 cm³/mol. The van der Waals surface area contributed by atoms with Crippen LogP contribution in [-0.2, 0) is 4.79 Å². The van der Waals surface area contributed by atoms with Crippen molar-refractivity contribution in [2.24, 2.45) is 0 Å². The Morgan fingerprint density at radius 2 is 2.37 bits per heavy atom. The van der Waals surface area contributed by atoms with Crippen LogP contribution in [0.25, 0.3) is 0 Å². The van der Waals surface area contributed by atoms with E-state index in [0.29, 0.717) is 30.5 Å². The van der Waals surface area contributed by atoms with Gasteiger partial charge in [0, 0.05) is 37.1 Å². The molecule has 0 aromatic carbocycles. The van der Waals surface area contributed by atoms with Crippen LogP contribution in [0, 0.1) is 18.3 Å². The summed E-state index contributed by atoms with van der Waals surface area (Å²) in [6.07, 6.45) is 4.90. The number of rotatable bonds is 5. The van der Waals surface area contributed by atoms with Crippen LogP contribution in [-0.4, -0.2) is 44.9 Å². The number of aromatic amines is 1. The molecule has 9 nitrogen and oxygen atoms in total. The van der Waals surface area contributed by atoms with E-state index in [0.717, 1.165) is 18.4 Å². The molecule has 1 saturated heterocycles. The second-order valence-electron chi connectivity index (χ2n) is 6.42. The minimum Gasteiger partial charge on any atom is -0.365 e. The fourth-order valence-electron chi connectivity index (χ4n) is 2.98. The van der Waals surface area contributed by atoms with Gasteiger partial charge in [0.2, 0.25) is 11.9 Å². The summed E-state index contributed by atoms with van der Waals surface area (Å²) in [4.78, 5) is 36.7. The Morgan fingerprint density at radius 1 is 1.52 bits per heavy atom. The summed E-state index contributed by atoms with van der Waals surface area (Å²) in [5, 5.41) is 15.0. The number of nitrogens with one attached hydrogen (secondary N) is 3. The Kier molecular flexibility index (Phi) is 5.66. The van der Waals surface area contributed by atoms with E-state index >= 15 is 0 Å². The molecule has 0 saturated carbocycles. The molecule has 1 fully saturated rings. The molecule has 0 radical (unpaired) electrons. The number of anilines is 3. The van der Waals surface area contributed by atoms with E-state index < -0.39 is 0 Å². The zero-order valence-corrected chi connectivity index (χ0v) is 15.0. The maximum Gasteiger partial charge on any atom is 0.271 e. The van der Waals surface area contributed by atoms with Crippen LogP contribution in [0.1, 0.15) is 24.8 Å². The molecule has 2 aromatic rings. The van der Waals surface area contributed by atoms with E-state index in [1.807, 2.05) is 13.0 Å². The fraction of sp³-hybridized carbons (Fsp3) is 0.389. The van der Waals surface area contributed by atoms with E-state index in [4.69, 9.17) is 5.26 Å². The number of likely N-dealkylation sites (tertiary alicyclic amines) is 1. The third-order valence-corrected chi connectivity index (χ3v) is 4.38. The van der Waals surface area contributed by atoms with E-state index in [1.165, 1.54) is 0 Å². The van der Waals surface area contributed by atoms with Crippen LogP contribution in [0.3, 0.4) is 0 Å². The van der Waals surface area contributed by atoms with Gasteiger partial charge in [0.15, 0.2) is 0 Å². The number of nitrogens with zero attached hydrogens (tertiary/aromatic N) is 4. The van der Waals surface area contributed by atoms with Gasteiger partial charge in [-0.3, -0.25) is 9.59 Å². The molecule has 3 N–H and O–H groups in total. The molecule has 0 bridgehead atoms. The average Bonchev–Trinajstić information content (AvgIpc) is 2.67. The number of carbonyl (C=O) groups excluding carboxylic acids is 1. The molecular formula is C18H21N7O2. The number of carbonyl (C=O) groups is 1. The van der Waals surface area contributed by atoms with Crippen molar-refractivity contribution in [3.05, 3.63) is 40.4 Å². The van der Waals surface area contributed by atoms with E-state index in [-0.39, 0.29) is 23.9 Å². The van der Waals surface area contributed by atoms with Gasteiger partial charge in [-0.15, -0.1) is 0 Å². The molecule has 27 heavy (non-hydrogen) atoms. The number of piperidine rings is 1. The molecule has 1 unspecified atom stereocenters. The zero-order chi connectivity index (χ0) is 19.2. The van der Waals surface area contributed by atoms with Gasteiger partial charge < -0.3 is 20.5 Å². The van der Waals surface area contributed by atoms with Gasteiger partial charge in [-0.1, -0.05) is 0 Å². The van der Waals surface area contributed by atoms with Crippen molar-refractivity contribution in [2.45, 2.75) is 32.2 Å². The zero-order valence-electron chi connectivity index (χ0n) is 15.0. The molecule has 0 spiro atoms. The van der Waals surface area contributed by atoms with E-state index in [2.05, 4.69) is 25.6 Å². The first-order valence-electron chi connectivity index (χ1n) is 8.76. The first-order chi connectivity index (χ1) is 13.1. The van der Waals surface area contributed by atoms with Gasteiger partial charge in [0.05, 0.1) is 6.07 Å². The summed E-state index contributed by atoms with van der Waals surface area (Å²) in [7, 11) is 0. The monoisotopic (exact) mass is 367 g/mol. The summed E-state index contributed by atoms with van der Waals surface area (Å²) in [6.45, 7) is 3.10. The second-order valence-corrected chi connectivity index (χ2v) is 6.42. The molecule has 140 valence electrons. The lowest BCUT2D eigenvalue weighted by molar-refractivity contribution is -0.131. The first-order valence-corrected chi connectivity index (χ1v) is 8.76. The third kappa shape index (κ3) is 4.61. The molecule has 3 rings (SSSR count). The number of H-pyrrole nitrogens is 1. The SMILES string of the molecule is Cc1cnc(Nc2ccc[nH]c2=O)nc1NC1CCCN(C(=O)CC#N)C1. The number of amides is 1. The van der Waals surface area contributed by atoms with Crippen LogP contribution in [0.5, 0.6) is 0 Å². The van der Waals surface area contributed by atoms with Crippen LogP contribution in [0.15, 0.2) is 29.3 Å². The summed E-state index contributed by atoms with van der Waals surface area (Å²) in [6, 6.07) is 5.31. The van der Waals surface area contributed by atoms with Gasteiger partial charge in [-0.2, -0.15) is 10.2 Å².